The van der Waals surface area contributed by atoms with Gasteiger partial charge in [-0.2, -0.15) is 9.40 Å². The zero-order chi connectivity index (χ0) is 15.7. The van der Waals surface area contributed by atoms with Crippen molar-refractivity contribution in [2.24, 2.45) is 0 Å². The smallest absolute Gasteiger partial charge is 0.260 e. The van der Waals surface area contributed by atoms with E-state index in [4.69, 9.17) is 0 Å². The summed E-state index contributed by atoms with van der Waals surface area (Å²) in [5, 5.41) is 9.91. The summed E-state index contributed by atoms with van der Waals surface area (Å²) in [6, 6.07) is 0. The van der Waals surface area contributed by atoms with E-state index in [0.717, 1.165) is 13.1 Å². The summed E-state index contributed by atoms with van der Waals surface area (Å²) in [5.41, 5.74) is 0.515. The molecule has 0 atom stereocenters. The maximum absolute atomic E-state index is 12.8. The molecule has 1 aliphatic heterocycles. The van der Waals surface area contributed by atoms with Gasteiger partial charge in [0.2, 0.25) is 0 Å². The molecule has 0 saturated carbocycles. The Balaban J connectivity index is 2.24. The van der Waals surface area contributed by atoms with Crippen LogP contribution in [0.2, 0.25) is 0 Å². The van der Waals surface area contributed by atoms with Gasteiger partial charge in [-0.1, -0.05) is 6.92 Å². The lowest BCUT2D eigenvalue weighted by Crippen LogP contribution is -2.58. The lowest BCUT2D eigenvalue weighted by molar-refractivity contribution is 0.0800. The molecule has 0 amide bonds. The molecule has 1 fully saturated rings. The van der Waals surface area contributed by atoms with Crippen LogP contribution in [-0.2, 0) is 16.6 Å². The van der Waals surface area contributed by atoms with Crippen LogP contribution in [0.3, 0.4) is 0 Å². The number of nitrogens with zero attached hydrogens (tertiary/aromatic N) is 3. The number of nitrogens with one attached hydrogen (secondary N) is 2. The summed E-state index contributed by atoms with van der Waals surface area (Å²) < 4.78 is 27.2. The molecule has 0 radical (unpaired) electrons. The third-order valence-electron chi connectivity index (χ3n) is 4.12. The van der Waals surface area contributed by atoms with Crippen LogP contribution in [0.4, 0.5) is 0 Å². The van der Waals surface area contributed by atoms with Gasteiger partial charge in [-0.25, -0.2) is 8.42 Å². The monoisotopic (exact) mass is 315 g/mol. The van der Waals surface area contributed by atoms with E-state index in [0.29, 0.717) is 25.2 Å². The minimum atomic E-state index is -3.53. The van der Waals surface area contributed by atoms with Gasteiger partial charge in [-0.05, 0) is 27.4 Å². The summed E-state index contributed by atoms with van der Waals surface area (Å²) in [5.74, 6) is 0. The highest BCUT2D eigenvalue weighted by atomic mass is 32.2. The Kier molecular flexibility index (Phi) is 4.72. The Morgan fingerprint density at radius 2 is 2.14 bits per heavy atom. The van der Waals surface area contributed by atoms with E-state index < -0.39 is 10.0 Å². The first-order valence-corrected chi connectivity index (χ1v) is 8.67. The quantitative estimate of drug-likeness (QED) is 0.813. The minimum Gasteiger partial charge on any atom is -0.313 e. The zero-order valence-corrected chi connectivity index (χ0v) is 14.0. The predicted octanol–water partition coefficient (Wildman–Crippen LogP) is 0.234. The van der Waals surface area contributed by atoms with Gasteiger partial charge in [-0.3, -0.25) is 10.00 Å². The lowest BCUT2D eigenvalue weighted by Gasteiger charge is -2.44. The Morgan fingerprint density at radius 3 is 2.76 bits per heavy atom. The number of H-pyrrole nitrogens is 1. The number of aromatic nitrogens is 2. The summed E-state index contributed by atoms with van der Waals surface area (Å²) in [6.45, 7) is 9.08. The fourth-order valence-electron chi connectivity index (χ4n) is 2.44. The highest BCUT2D eigenvalue weighted by Gasteiger charge is 2.38. The van der Waals surface area contributed by atoms with E-state index in [1.54, 1.807) is 10.5 Å². The molecule has 0 aliphatic carbocycles. The van der Waals surface area contributed by atoms with Crippen LogP contribution in [0.1, 0.15) is 26.3 Å². The van der Waals surface area contributed by atoms with Crippen molar-refractivity contribution in [1.82, 2.24) is 24.7 Å². The summed E-state index contributed by atoms with van der Waals surface area (Å²) in [4.78, 5) is 2.19. The van der Waals surface area contributed by atoms with E-state index in [9.17, 15) is 8.42 Å². The van der Waals surface area contributed by atoms with Crippen molar-refractivity contribution in [3.63, 3.8) is 0 Å². The van der Waals surface area contributed by atoms with Crippen LogP contribution in [0.15, 0.2) is 11.2 Å². The van der Waals surface area contributed by atoms with Crippen molar-refractivity contribution in [2.45, 2.75) is 37.9 Å². The molecule has 0 spiro atoms. The lowest BCUT2D eigenvalue weighted by atomic mass is 10.0. The third kappa shape index (κ3) is 3.28. The Labute approximate surface area is 126 Å². The van der Waals surface area contributed by atoms with Crippen LogP contribution < -0.4 is 5.32 Å². The van der Waals surface area contributed by atoms with E-state index in [2.05, 4.69) is 34.3 Å². The molecule has 1 aromatic heterocycles. The van der Waals surface area contributed by atoms with Gasteiger partial charge in [0, 0.05) is 37.3 Å². The fraction of sp³-hybridized carbons (Fsp3) is 0.769. The minimum absolute atomic E-state index is 0.173. The first kappa shape index (κ1) is 16.4. The topological polar surface area (TPSA) is 81.3 Å². The molecule has 7 nitrogen and oxygen atoms in total. The number of sulfonamides is 1. The maximum atomic E-state index is 12.8. The summed E-state index contributed by atoms with van der Waals surface area (Å²) in [7, 11) is -1.50. The maximum Gasteiger partial charge on any atom is 0.260 e. The van der Waals surface area contributed by atoms with Crippen molar-refractivity contribution < 1.29 is 8.42 Å². The highest BCUT2D eigenvalue weighted by Crippen LogP contribution is 2.25. The van der Waals surface area contributed by atoms with Gasteiger partial charge >= 0.3 is 0 Å². The second-order valence-corrected chi connectivity index (χ2v) is 7.95. The number of hydrogen-bond donors (Lipinski definition) is 2. The van der Waals surface area contributed by atoms with Crippen molar-refractivity contribution in [2.75, 3.05) is 33.2 Å². The second-order valence-electron chi connectivity index (χ2n) is 6.08. The Morgan fingerprint density at radius 1 is 1.43 bits per heavy atom. The standard InChI is InChI=1S/C13H25N5O2S/c1-5-14-8-11-9-15-16-12(11)21(19,20)18-7-6-17(4)13(2,3)10-18/h9,14H,5-8,10H2,1-4H3,(H,15,16). The SMILES string of the molecule is CCNCc1cn[nH]c1S(=O)(=O)N1CCN(C)C(C)(C)C1. The van der Waals surface area contributed by atoms with Gasteiger partial charge in [0.05, 0.1) is 6.20 Å². The molecule has 0 aromatic carbocycles. The zero-order valence-electron chi connectivity index (χ0n) is 13.2. The van der Waals surface area contributed by atoms with E-state index in [-0.39, 0.29) is 10.6 Å². The third-order valence-corrected chi connectivity index (χ3v) is 5.98. The van der Waals surface area contributed by atoms with Gasteiger partial charge < -0.3 is 5.32 Å². The van der Waals surface area contributed by atoms with Crippen molar-refractivity contribution >= 4 is 10.0 Å². The Hall–Kier alpha value is -0.960. The number of piperazine rings is 1. The molecule has 1 aromatic rings. The first-order valence-electron chi connectivity index (χ1n) is 7.23. The molecule has 2 heterocycles. The molecule has 2 N–H and O–H groups in total. The van der Waals surface area contributed by atoms with Crippen LogP contribution in [0.5, 0.6) is 0 Å². The first-order chi connectivity index (χ1) is 9.79. The fourth-order valence-corrected chi connectivity index (χ4v) is 4.13. The van der Waals surface area contributed by atoms with Crippen molar-refractivity contribution in [1.29, 1.82) is 0 Å². The van der Waals surface area contributed by atoms with Crippen LogP contribution in [-0.4, -0.2) is 66.6 Å². The number of hydrogen-bond acceptors (Lipinski definition) is 5. The molecule has 120 valence electrons. The molecular weight excluding hydrogens is 290 g/mol. The summed E-state index contributed by atoms with van der Waals surface area (Å²) >= 11 is 0. The van der Waals surface area contributed by atoms with E-state index in [1.165, 1.54) is 0 Å². The van der Waals surface area contributed by atoms with Crippen LogP contribution in [0.25, 0.3) is 0 Å². The van der Waals surface area contributed by atoms with Gasteiger partial charge in [0.15, 0.2) is 5.03 Å². The normalized spacial score (nSPS) is 20.8. The van der Waals surface area contributed by atoms with Gasteiger partial charge in [0.1, 0.15) is 0 Å². The molecule has 0 bridgehead atoms. The highest BCUT2D eigenvalue weighted by molar-refractivity contribution is 7.89. The molecule has 0 unspecified atom stereocenters. The van der Waals surface area contributed by atoms with Crippen LogP contribution in [0, 0.1) is 0 Å². The van der Waals surface area contributed by atoms with Gasteiger partial charge in [-0.15, -0.1) is 0 Å². The van der Waals surface area contributed by atoms with Gasteiger partial charge in [0.25, 0.3) is 10.0 Å². The predicted molar refractivity (Wildman–Crippen MR) is 81.4 cm³/mol. The van der Waals surface area contributed by atoms with Crippen molar-refractivity contribution in [3.8, 4) is 0 Å². The molecular formula is C13H25N5O2S. The number of rotatable bonds is 5. The largest absolute Gasteiger partial charge is 0.313 e. The molecule has 1 saturated heterocycles. The van der Waals surface area contributed by atoms with Crippen LogP contribution >= 0.6 is 0 Å². The average molecular weight is 315 g/mol. The average Bonchev–Trinajstić information content (AvgIpc) is 2.88. The van der Waals surface area contributed by atoms with E-state index in [1.807, 2.05) is 14.0 Å². The molecule has 8 heteroatoms. The number of likely N-dealkylation sites (N-methyl/N-ethyl adjacent to an activating group) is 1. The molecule has 1 aliphatic rings. The molecule has 21 heavy (non-hydrogen) atoms. The number of aromatic amines is 1. The Bertz CT molecular complexity index is 581. The van der Waals surface area contributed by atoms with E-state index >= 15 is 0 Å². The summed E-state index contributed by atoms with van der Waals surface area (Å²) in [6.07, 6.45) is 1.58. The van der Waals surface area contributed by atoms with Crippen molar-refractivity contribution in [3.05, 3.63) is 11.8 Å². The second kappa shape index (κ2) is 6.04. The molecule has 2 rings (SSSR count).